The summed E-state index contributed by atoms with van der Waals surface area (Å²) in [6.45, 7) is 0. The molecule has 0 saturated heterocycles. The predicted octanol–water partition coefficient (Wildman–Crippen LogP) is 0.400. The number of hydrogen-bond donors (Lipinski definition) is 2. The average Bonchev–Trinajstić information content (AvgIpc) is 2.43. The Labute approximate surface area is 104 Å². The van der Waals surface area contributed by atoms with Crippen LogP contribution in [0.15, 0.2) is 18.2 Å². The van der Waals surface area contributed by atoms with Crippen molar-refractivity contribution in [1.29, 1.82) is 5.26 Å². The topological polar surface area (TPSA) is 99.8 Å². The molecule has 0 spiro atoms. The number of carbonyl (C=O) groups is 1. The second kappa shape index (κ2) is 6.00. The third-order valence-electron chi connectivity index (χ3n) is 2.40. The van der Waals surface area contributed by atoms with Crippen molar-refractivity contribution in [3.05, 3.63) is 29.3 Å². The number of nitriles is 1. The Hall–Kier alpha value is -2.10. The molecule has 1 aromatic carbocycles. The Morgan fingerprint density at radius 3 is 2.56 bits per heavy atom. The van der Waals surface area contributed by atoms with E-state index in [4.69, 9.17) is 10.00 Å². The van der Waals surface area contributed by atoms with Crippen molar-refractivity contribution in [1.82, 2.24) is 0 Å². The second-order valence-corrected chi connectivity index (χ2v) is 3.47. The fraction of sp³-hybridized carbons (Fsp3) is 0.333. The fourth-order valence-electron chi connectivity index (χ4n) is 1.42. The maximum absolute atomic E-state index is 11.4. The van der Waals surface area contributed by atoms with Crippen molar-refractivity contribution in [2.45, 2.75) is 12.2 Å². The summed E-state index contributed by atoms with van der Waals surface area (Å²) in [6.07, 6.45) is -2.91. The van der Waals surface area contributed by atoms with Gasteiger partial charge in [0.2, 0.25) is 0 Å². The van der Waals surface area contributed by atoms with Gasteiger partial charge in [-0.1, -0.05) is 6.07 Å². The molecule has 0 amide bonds. The molecule has 0 saturated carbocycles. The van der Waals surface area contributed by atoms with Gasteiger partial charge in [-0.05, 0) is 17.7 Å². The number of aliphatic hydroxyl groups is 2. The van der Waals surface area contributed by atoms with Gasteiger partial charge in [-0.2, -0.15) is 5.26 Å². The van der Waals surface area contributed by atoms with Crippen LogP contribution in [-0.4, -0.2) is 36.5 Å². The van der Waals surface area contributed by atoms with Crippen molar-refractivity contribution in [2.24, 2.45) is 0 Å². The lowest BCUT2D eigenvalue weighted by Crippen LogP contribution is -2.16. The van der Waals surface area contributed by atoms with Gasteiger partial charge in [0.15, 0.2) is 6.10 Å². The lowest BCUT2D eigenvalue weighted by Gasteiger charge is -2.14. The van der Waals surface area contributed by atoms with E-state index in [9.17, 15) is 15.0 Å². The molecule has 0 aromatic heterocycles. The van der Waals surface area contributed by atoms with Gasteiger partial charge in [-0.15, -0.1) is 0 Å². The largest absolute Gasteiger partial charge is 0.496 e. The molecule has 0 aliphatic heterocycles. The predicted molar refractivity (Wildman–Crippen MR) is 60.9 cm³/mol. The summed E-state index contributed by atoms with van der Waals surface area (Å²) in [6, 6.07) is 5.71. The molecule has 0 fully saturated rings. The fourth-order valence-corrected chi connectivity index (χ4v) is 1.42. The van der Waals surface area contributed by atoms with Gasteiger partial charge in [-0.3, -0.25) is 0 Å². The molecular formula is C12H13NO5. The van der Waals surface area contributed by atoms with Crippen LogP contribution in [0.1, 0.15) is 22.0 Å². The molecule has 1 aromatic rings. The van der Waals surface area contributed by atoms with Crippen LogP contribution >= 0.6 is 0 Å². The third-order valence-corrected chi connectivity index (χ3v) is 2.40. The first-order valence-corrected chi connectivity index (χ1v) is 5.07. The van der Waals surface area contributed by atoms with Gasteiger partial charge in [-0.25, -0.2) is 4.79 Å². The normalized spacial score (nSPS) is 13.3. The molecule has 6 nitrogen and oxygen atoms in total. The number of aliphatic hydroxyl groups excluding tert-OH is 2. The van der Waals surface area contributed by atoms with Gasteiger partial charge in [0, 0.05) is 0 Å². The molecule has 0 aliphatic rings. The van der Waals surface area contributed by atoms with E-state index in [0.29, 0.717) is 0 Å². The summed E-state index contributed by atoms with van der Waals surface area (Å²) in [5.41, 5.74) is 0.468. The van der Waals surface area contributed by atoms with Crippen LogP contribution in [-0.2, 0) is 4.74 Å². The highest BCUT2D eigenvalue weighted by molar-refractivity contribution is 5.92. The van der Waals surface area contributed by atoms with E-state index in [1.54, 1.807) is 0 Å². The number of ether oxygens (including phenoxy) is 2. The lowest BCUT2D eigenvalue weighted by molar-refractivity contribution is 0.0524. The molecule has 0 radical (unpaired) electrons. The van der Waals surface area contributed by atoms with Crippen molar-refractivity contribution in [3.8, 4) is 11.8 Å². The monoisotopic (exact) mass is 251 g/mol. The summed E-state index contributed by atoms with van der Waals surface area (Å²) < 4.78 is 9.56. The van der Waals surface area contributed by atoms with Crippen LogP contribution in [0.3, 0.4) is 0 Å². The minimum atomic E-state index is -1.54. The number of benzene rings is 1. The van der Waals surface area contributed by atoms with Gasteiger partial charge in [0.1, 0.15) is 17.4 Å². The van der Waals surface area contributed by atoms with E-state index < -0.39 is 18.2 Å². The molecule has 2 N–H and O–H groups in total. The van der Waals surface area contributed by atoms with Crippen molar-refractivity contribution >= 4 is 5.97 Å². The standard InChI is InChI=1S/C12H13NO5/c1-17-10-5-7(11(15)9(14)6-13)3-4-8(10)12(16)18-2/h3-5,9,11,14-15H,1-2H3. The number of nitrogens with zero attached hydrogens (tertiary/aromatic N) is 1. The minimum absolute atomic E-state index is 0.197. The highest BCUT2D eigenvalue weighted by Crippen LogP contribution is 2.26. The first-order chi connectivity index (χ1) is 8.54. The highest BCUT2D eigenvalue weighted by Gasteiger charge is 2.21. The van der Waals surface area contributed by atoms with E-state index in [2.05, 4.69) is 4.74 Å². The molecule has 0 bridgehead atoms. The van der Waals surface area contributed by atoms with Crippen LogP contribution in [0.25, 0.3) is 0 Å². The second-order valence-electron chi connectivity index (χ2n) is 3.47. The summed E-state index contributed by atoms with van der Waals surface area (Å²) in [7, 11) is 2.60. The summed E-state index contributed by atoms with van der Waals surface area (Å²) in [4.78, 5) is 11.4. The Kier molecular flexibility index (Phi) is 4.66. The lowest BCUT2D eigenvalue weighted by atomic mass is 10.0. The SMILES string of the molecule is COC(=O)c1ccc(C(O)C(O)C#N)cc1OC. The molecule has 2 unspecified atom stereocenters. The molecule has 18 heavy (non-hydrogen) atoms. The number of carbonyl (C=O) groups excluding carboxylic acids is 1. The van der Waals surface area contributed by atoms with Crippen molar-refractivity contribution in [3.63, 3.8) is 0 Å². The van der Waals surface area contributed by atoms with Gasteiger partial charge in [0.25, 0.3) is 0 Å². The van der Waals surface area contributed by atoms with Crippen LogP contribution in [0.5, 0.6) is 5.75 Å². The first-order valence-electron chi connectivity index (χ1n) is 5.07. The quantitative estimate of drug-likeness (QED) is 0.593. The molecule has 6 heteroatoms. The zero-order chi connectivity index (χ0) is 13.7. The molecule has 0 heterocycles. The Morgan fingerprint density at radius 2 is 2.06 bits per heavy atom. The van der Waals surface area contributed by atoms with E-state index >= 15 is 0 Å². The van der Waals surface area contributed by atoms with Gasteiger partial charge < -0.3 is 19.7 Å². The van der Waals surface area contributed by atoms with E-state index in [1.807, 2.05) is 0 Å². The van der Waals surface area contributed by atoms with Crippen LogP contribution < -0.4 is 4.74 Å². The molecule has 0 aliphatic carbocycles. The van der Waals surface area contributed by atoms with Gasteiger partial charge >= 0.3 is 5.97 Å². The molecule has 2 atom stereocenters. The average molecular weight is 251 g/mol. The van der Waals surface area contributed by atoms with E-state index in [-0.39, 0.29) is 16.9 Å². The Bertz CT molecular complexity index is 480. The number of rotatable bonds is 4. The first kappa shape index (κ1) is 14.0. The van der Waals surface area contributed by atoms with Gasteiger partial charge in [0.05, 0.1) is 20.3 Å². The number of hydrogen-bond acceptors (Lipinski definition) is 6. The Balaban J connectivity index is 3.14. The van der Waals surface area contributed by atoms with Crippen LogP contribution in [0.2, 0.25) is 0 Å². The maximum atomic E-state index is 11.4. The van der Waals surface area contributed by atoms with Crippen molar-refractivity contribution in [2.75, 3.05) is 14.2 Å². The zero-order valence-electron chi connectivity index (χ0n) is 9.95. The zero-order valence-corrected chi connectivity index (χ0v) is 9.95. The smallest absolute Gasteiger partial charge is 0.341 e. The van der Waals surface area contributed by atoms with E-state index in [1.165, 1.54) is 38.5 Å². The van der Waals surface area contributed by atoms with E-state index in [0.717, 1.165) is 0 Å². The third kappa shape index (κ3) is 2.77. The number of esters is 1. The summed E-state index contributed by atoms with van der Waals surface area (Å²) in [5, 5.41) is 27.4. The Morgan fingerprint density at radius 1 is 1.39 bits per heavy atom. The molecule has 1 rings (SSSR count). The van der Waals surface area contributed by atoms with Crippen molar-refractivity contribution < 1.29 is 24.5 Å². The minimum Gasteiger partial charge on any atom is -0.496 e. The maximum Gasteiger partial charge on any atom is 0.341 e. The summed E-state index contributed by atoms with van der Waals surface area (Å²) in [5.74, 6) is -0.378. The van der Waals surface area contributed by atoms with Crippen LogP contribution in [0, 0.1) is 11.3 Å². The highest BCUT2D eigenvalue weighted by atomic mass is 16.5. The summed E-state index contributed by atoms with van der Waals surface area (Å²) >= 11 is 0. The number of methoxy groups -OCH3 is 2. The molecular weight excluding hydrogens is 238 g/mol. The molecule has 96 valence electrons. The van der Waals surface area contributed by atoms with Crippen LogP contribution in [0.4, 0.5) is 0 Å².